The molecule has 150 valence electrons. The van der Waals surface area contributed by atoms with Gasteiger partial charge in [-0.15, -0.1) is 0 Å². The van der Waals surface area contributed by atoms with Gasteiger partial charge in [-0.25, -0.2) is 0 Å². The molecule has 6 heteroatoms. The first-order valence-corrected chi connectivity index (χ1v) is 10.7. The number of fused-ring (bicyclic) bond motifs is 1. The molecule has 2 saturated carbocycles. The van der Waals surface area contributed by atoms with Crippen molar-refractivity contribution in [3.63, 3.8) is 0 Å². The number of ether oxygens (including phenoxy) is 2. The van der Waals surface area contributed by atoms with Crippen molar-refractivity contribution in [1.29, 1.82) is 0 Å². The number of nitrogens with one attached hydrogen (secondary N) is 1. The molecule has 6 nitrogen and oxygen atoms in total. The zero-order chi connectivity index (χ0) is 19.1. The highest BCUT2D eigenvalue weighted by Crippen LogP contribution is 2.48. The van der Waals surface area contributed by atoms with Crippen LogP contribution < -0.4 is 14.8 Å². The summed E-state index contributed by atoms with van der Waals surface area (Å²) in [6, 6.07) is 6.09. The number of amides is 2. The first-order valence-electron chi connectivity index (χ1n) is 10.7. The Morgan fingerprint density at radius 2 is 1.79 bits per heavy atom. The number of β-lactam (4-membered cyclic amide) rings is 1. The van der Waals surface area contributed by atoms with Gasteiger partial charge in [-0.3, -0.25) is 9.59 Å². The van der Waals surface area contributed by atoms with Gasteiger partial charge in [-0.05, 0) is 43.4 Å². The largest absolute Gasteiger partial charge is 0.454 e. The van der Waals surface area contributed by atoms with E-state index in [1.807, 2.05) is 23.1 Å². The van der Waals surface area contributed by atoms with Crippen molar-refractivity contribution in [3.8, 4) is 11.5 Å². The van der Waals surface area contributed by atoms with Crippen molar-refractivity contribution in [2.24, 2.45) is 0 Å². The predicted molar refractivity (Wildman–Crippen MR) is 103 cm³/mol. The normalized spacial score (nSPS) is 26.2. The lowest BCUT2D eigenvalue weighted by Crippen LogP contribution is -2.67. The molecule has 28 heavy (non-hydrogen) atoms. The molecule has 3 fully saturated rings. The number of hydrogen-bond acceptors (Lipinski definition) is 4. The fourth-order valence-electron chi connectivity index (χ4n) is 5.44. The van der Waals surface area contributed by atoms with Crippen molar-refractivity contribution in [3.05, 3.63) is 23.8 Å². The van der Waals surface area contributed by atoms with Gasteiger partial charge in [0.1, 0.15) is 5.54 Å². The van der Waals surface area contributed by atoms with Crippen LogP contribution in [-0.2, 0) is 9.59 Å². The van der Waals surface area contributed by atoms with Gasteiger partial charge in [0.05, 0.1) is 12.5 Å². The summed E-state index contributed by atoms with van der Waals surface area (Å²) in [6.45, 7) is 0.236. The Balaban J connectivity index is 1.43. The van der Waals surface area contributed by atoms with Crippen molar-refractivity contribution in [2.75, 3.05) is 6.79 Å². The highest BCUT2D eigenvalue weighted by atomic mass is 16.7. The van der Waals surface area contributed by atoms with Crippen molar-refractivity contribution in [1.82, 2.24) is 10.2 Å². The van der Waals surface area contributed by atoms with E-state index in [2.05, 4.69) is 5.32 Å². The molecule has 1 unspecified atom stereocenters. The highest BCUT2D eigenvalue weighted by Gasteiger charge is 2.55. The maximum Gasteiger partial charge on any atom is 0.246 e. The Labute approximate surface area is 165 Å². The third-order valence-corrected chi connectivity index (χ3v) is 6.98. The molecule has 0 bridgehead atoms. The van der Waals surface area contributed by atoms with Gasteiger partial charge < -0.3 is 19.7 Å². The van der Waals surface area contributed by atoms with Crippen LogP contribution in [0.4, 0.5) is 0 Å². The maximum absolute atomic E-state index is 13.5. The van der Waals surface area contributed by atoms with E-state index in [0.717, 1.165) is 62.0 Å². The molecule has 0 aromatic heterocycles. The molecular weight excluding hydrogens is 356 g/mol. The second-order valence-corrected chi connectivity index (χ2v) is 8.64. The molecule has 2 amide bonds. The van der Waals surface area contributed by atoms with E-state index in [9.17, 15) is 9.59 Å². The minimum atomic E-state index is -0.697. The molecular formula is C22H28N2O4. The molecule has 0 radical (unpaired) electrons. The third-order valence-electron chi connectivity index (χ3n) is 6.98. The van der Waals surface area contributed by atoms with Crippen molar-refractivity contribution >= 4 is 11.8 Å². The number of benzene rings is 1. The third kappa shape index (κ3) is 2.85. The lowest BCUT2D eigenvalue weighted by molar-refractivity contribution is -0.168. The van der Waals surface area contributed by atoms with E-state index >= 15 is 0 Å². The SMILES string of the molecule is O=C1CC(c2ccc3c(c2)OCO3)N1C1(C(=O)NC2CCCC2)CCCCC1. The van der Waals surface area contributed by atoms with Crippen LogP contribution in [0.1, 0.15) is 75.8 Å². The monoisotopic (exact) mass is 384 g/mol. The number of rotatable bonds is 4. The molecule has 1 aromatic rings. The van der Waals surface area contributed by atoms with Crippen LogP contribution in [0.2, 0.25) is 0 Å². The van der Waals surface area contributed by atoms with Gasteiger partial charge in [0.15, 0.2) is 11.5 Å². The first-order chi connectivity index (χ1) is 13.7. The highest BCUT2D eigenvalue weighted by molar-refractivity contribution is 5.95. The number of likely N-dealkylation sites (tertiary alicyclic amines) is 1. The van der Waals surface area contributed by atoms with E-state index < -0.39 is 5.54 Å². The second-order valence-electron chi connectivity index (χ2n) is 8.64. The summed E-state index contributed by atoms with van der Waals surface area (Å²) in [5.41, 5.74) is 0.333. The Kier molecular flexibility index (Phi) is 4.44. The second kappa shape index (κ2) is 6.98. The van der Waals surface area contributed by atoms with Crippen LogP contribution >= 0.6 is 0 Å². The summed E-state index contributed by atoms with van der Waals surface area (Å²) >= 11 is 0. The molecule has 1 saturated heterocycles. The number of carbonyl (C=O) groups is 2. The quantitative estimate of drug-likeness (QED) is 0.808. The number of nitrogens with zero attached hydrogens (tertiary/aromatic N) is 1. The summed E-state index contributed by atoms with van der Waals surface area (Å²) in [5.74, 6) is 1.63. The van der Waals surface area contributed by atoms with E-state index in [1.165, 1.54) is 12.8 Å². The minimum Gasteiger partial charge on any atom is -0.454 e. The predicted octanol–water partition coefficient (Wildman–Crippen LogP) is 3.45. The fourth-order valence-corrected chi connectivity index (χ4v) is 5.44. The van der Waals surface area contributed by atoms with Crippen LogP contribution in [0.5, 0.6) is 11.5 Å². The van der Waals surface area contributed by atoms with Gasteiger partial charge in [0.25, 0.3) is 0 Å². The lowest BCUT2D eigenvalue weighted by Gasteiger charge is -2.54. The zero-order valence-corrected chi connectivity index (χ0v) is 16.2. The number of hydrogen-bond donors (Lipinski definition) is 1. The molecule has 4 aliphatic rings. The summed E-state index contributed by atoms with van der Waals surface area (Å²) in [5, 5.41) is 3.30. The average molecular weight is 384 g/mol. The molecule has 2 heterocycles. The maximum atomic E-state index is 13.5. The number of carbonyl (C=O) groups excluding carboxylic acids is 2. The van der Waals surface area contributed by atoms with Crippen LogP contribution in [-0.4, -0.2) is 35.1 Å². The van der Waals surface area contributed by atoms with Gasteiger partial charge in [-0.2, -0.15) is 0 Å². The first kappa shape index (κ1) is 17.8. The average Bonchev–Trinajstić information content (AvgIpc) is 3.37. The smallest absolute Gasteiger partial charge is 0.246 e. The molecule has 1 N–H and O–H groups in total. The summed E-state index contributed by atoms with van der Waals surface area (Å²) in [6.07, 6.45) is 9.58. The molecule has 0 spiro atoms. The zero-order valence-electron chi connectivity index (χ0n) is 16.2. The minimum absolute atomic E-state index is 0.0607. The van der Waals surface area contributed by atoms with Gasteiger partial charge in [0.2, 0.25) is 18.6 Å². The van der Waals surface area contributed by atoms with Crippen LogP contribution in [0, 0.1) is 0 Å². The van der Waals surface area contributed by atoms with Gasteiger partial charge in [-0.1, -0.05) is 38.2 Å². The lowest BCUT2D eigenvalue weighted by atomic mass is 9.74. The topological polar surface area (TPSA) is 67.9 Å². The summed E-state index contributed by atoms with van der Waals surface area (Å²) < 4.78 is 10.9. The Bertz CT molecular complexity index is 781. The van der Waals surface area contributed by atoms with E-state index in [4.69, 9.17) is 9.47 Å². The fraction of sp³-hybridized carbons (Fsp3) is 0.636. The Morgan fingerprint density at radius 3 is 2.54 bits per heavy atom. The van der Waals surface area contributed by atoms with E-state index in [1.54, 1.807) is 0 Å². The van der Waals surface area contributed by atoms with Crippen LogP contribution in [0.3, 0.4) is 0 Å². The molecule has 1 atom stereocenters. The summed E-state index contributed by atoms with van der Waals surface area (Å²) in [4.78, 5) is 28.2. The Hall–Kier alpha value is -2.24. The van der Waals surface area contributed by atoms with E-state index in [0.29, 0.717) is 6.42 Å². The molecule has 2 aliphatic heterocycles. The van der Waals surface area contributed by atoms with Crippen LogP contribution in [0.15, 0.2) is 18.2 Å². The van der Waals surface area contributed by atoms with Crippen LogP contribution in [0.25, 0.3) is 0 Å². The molecule has 1 aromatic carbocycles. The Morgan fingerprint density at radius 1 is 1.04 bits per heavy atom. The molecule has 2 aliphatic carbocycles. The van der Waals surface area contributed by atoms with E-state index in [-0.39, 0.29) is 30.7 Å². The van der Waals surface area contributed by atoms with Crippen molar-refractivity contribution < 1.29 is 19.1 Å². The van der Waals surface area contributed by atoms with Crippen molar-refractivity contribution in [2.45, 2.75) is 81.8 Å². The summed E-state index contributed by atoms with van der Waals surface area (Å²) in [7, 11) is 0. The standard InChI is InChI=1S/C22H28N2O4/c25-20-13-17(15-8-9-18-19(12-15)28-14-27-18)24(20)22(10-4-1-5-11-22)21(26)23-16-6-2-3-7-16/h8-9,12,16-17H,1-7,10-11,13-14H2,(H,23,26). The van der Waals surface area contributed by atoms with Gasteiger partial charge >= 0.3 is 0 Å². The molecule has 5 rings (SSSR count). The van der Waals surface area contributed by atoms with Gasteiger partial charge in [0, 0.05) is 6.04 Å².